The highest BCUT2D eigenvalue weighted by Crippen LogP contribution is 2.65. The number of fused-ring (bicyclic) bond motifs is 5. The standard InChI is InChI=1S/C20H30O/c1-3-20(21)13-11-18-17-9-8-14-6-4-5-7-15(14)16(17)10-12-19(18,20)2/h1,14-18,21H,4-13H2,2H3/t14?,15?,16?,17?,18?,19?,20-/m0/s1. The fraction of sp³-hybridized carbons (Fsp3) is 0.900. The number of aliphatic hydroxyl groups is 1. The van der Waals surface area contributed by atoms with Gasteiger partial charge in [0.15, 0.2) is 0 Å². The molecule has 1 N–H and O–H groups in total. The van der Waals surface area contributed by atoms with Crippen LogP contribution in [0.5, 0.6) is 0 Å². The Hall–Kier alpha value is -0.480. The van der Waals surface area contributed by atoms with Crippen molar-refractivity contribution in [2.75, 3.05) is 0 Å². The molecule has 1 heteroatoms. The summed E-state index contributed by atoms with van der Waals surface area (Å²) in [5.74, 6) is 7.29. The number of hydrogen-bond donors (Lipinski definition) is 1. The van der Waals surface area contributed by atoms with Crippen molar-refractivity contribution in [3.8, 4) is 12.3 Å². The third-order valence-electron chi connectivity index (χ3n) is 8.27. The summed E-state index contributed by atoms with van der Waals surface area (Å²) in [7, 11) is 0. The van der Waals surface area contributed by atoms with Gasteiger partial charge in [0.1, 0.15) is 5.60 Å². The van der Waals surface area contributed by atoms with Crippen molar-refractivity contribution in [1.29, 1.82) is 0 Å². The molecule has 116 valence electrons. The van der Waals surface area contributed by atoms with E-state index >= 15 is 0 Å². The van der Waals surface area contributed by atoms with Gasteiger partial charge in [-0.15, -0.1) is 6.42 Å². The van der Waals surface area contributed by atoms with Crippen LogP contribution in [0.2, 0.25) is 0 Å². The lowest BCUT2D eigenvalue weighted by Crippen LogP contribution is -2.52. The number of terminal acetylenes is 1. The Kier molecular flexibility index (Phi) is 3.20. The molecular weight excluding hydrogens is 256 g/mol. The number of hydrogen-bond acceptors (Lipinski definition) is 1. The normalized spacial score (nSPS) is 56.0. The molecule has 6 unspecified atom stereocenters. The van der Waals surface area contributed by atoms with Crippen LogP contribution in [0, 0.1) is 47.3 Å². The van der Waals surface area contributed by atoms with Gasteiger partial charge < -0.3 is 5.11 Å². The zero-order valence-electron chi connectivity index (χ0n) is 13.5. The summed E-state index contributed by atoms with van der Waals surface area (Å²) >= 11 is 0. The van der Waals surface area contributed by atoms with Crippen LogP contribution < -0.4 is 0 Å². The van der Waals surface area contributed by atoms with Gasteiger partial charge in [0.2, 0.25) is 0 Å². The summed E-state index contributed by atoms with van der Waals surface area (Å²) in [5, 5.41) is 10.9. The summed E-state index contributed by atoms with van der Waals surface area (Å²) in [6, 6.07) is 0. The minimum atomic E-state index is -0.827. The fourth-order valence-corrected chi connectivity index (χ4v) is 7.08. The lowest BCUT2D eigenvalue weighted by Gasteiger charge is -2.56. The molecule has 4 rings (SSSR count). The Labute approximate surface area is 129 Å². The van der Waals surface area contributed by atoms with Gasteiger partial charge >= 0.3 is 0 Å². The molecule has 4 fully saturated rings. The molecule has 0 bridgehead atoms. The predicted octanol–water partition coefficient (Wildman–Crippen LogP) is 4.39. The van der Waals surface area contributed by atoms with Crippen molar-refractivity contribution < 1.29 is 5.11 Å². The topological polar surface area (TPSA) is 20.2 Å². The Morgan fingerprint density at radius 3 is 2.52 bits per heavy atom. The van der Waals surface area contributed by atoms with Crippen molar-refractivity contribution in [2.45, 2.75) is 76.7 Å². The second-order valence-corrected chi connectivity index (χ2v) is 8.72. The van der Waals surface area contributed by atoms with Crippen LogP contribution >= 0.6 is 0 Å². The Morgan fingerprint density at radius 2 is 1.71 bits per heavy atom. The van der Waals surface area contributed by atoms with E-state index in [1.165, 1.54) is 44.9 Å². The van der Waals surface area contributed by atoms with Crippen LogP contribution in [0.4, 0.5) is 0 Å². The Balaban J connectivity index is 1.62. The molecule has 0 amide bonds. The quantitative estimate of drug-likeness (QED) is 0.655. The zero-order chi connectivity index (χ0) is 14.7. The number of rotatable bonds is 0. The predicted molar refractivity (Wildman–Crippen MR) is 85.5 cm³/mol. The molecule has 21 heavy (non-hydrogen) atoms. The summed E-state index contributed by atoms with van der Waals surface area (Å²) in [6.07, 6.45) is 19.0. The third-order valence-corrected chi connectivity index (χ3v) is 8.27. The van der Waals surface area contributed by atoms with E-state index in [9.17, 15) is 5.11 Å². The average molecular weight is 286 g/mol. The SMILES string of the molecule is C#C[C@]1(O)CCC2C3CCC4CCCCC4C3CCC21C. The maximum Gasteiger partial charge on any atom is 0.130 e. The minimum Gasteiger partial charge on any atom is -0.377 e. The van der Waals surface area contributed by atoms with Crippen LogP contribution in [0.15, 0.2) is 0 Å². The highest BCUT2D eigenvalue weighted by molar-refractivity contribution is 5.23. The smallest absolute Gasteiger partial charge is 0.130 e. The average Bonchev–Trinajstić information content (AvgIpc) is 2.79. The summed E-state index contributed by atoms with van der Waals surface area (Å²) in [5.41, 5.74) is -0.837. The maximum absolute atomic E-state index is 10.9. The van der Waals surface area contributed by atoms with E-state index in [0.717, 1.165) is 42.9 Å². The largest absolute Gasteiger partial charge is 0.377 e. The van der Waals surface area contributed by atoms with E-state index in [4.69, 9.17) is 6.42 Å². The van der Waals surface area contributed by atoms with Crippen molar-refractivity contribution in [3.63, 3.8) is 0 Å². The van der Waals surface area contributed by atoms with E-state index in [2.05, 4.69) is 12.8 Å². The molecule has 0 heterocycles. The fourth-order valence-electron chi connectivity index (χ4n) is 7.08. The van der Waals surface area contributed by atoms with Crippen molar-refractivity contribution in [3.05, 3.63) is 0 Å². The molecule has 0 aromatic carbocycles. The summed E-state index contributed by atoms with van der Waals surface area (Å²) in [6.45, 7) is 2.30. The van der Waals surface area contributed by atoms with Crippen LogP contribution in [-0.2, 0) is 0 Å². The molecule has 0 radical (unpaired) electrons. The van der Waals surface area contributed by atoms with Crippen molar-refractivity contribution in [1.82, 2.24) is 0 Å². The lowest BCUT2D eigenvalue weighted by molar-refractivity contribution is -0.104. The van der Waals surface area contributed by atoms with E-state index < -0.39 is 5.60 Å². The molecule has 0 aromatic rings. The molecule has 0 spiro atoms. The monoisotopic (exact) mass is 286 g/mol. The molecule has 0 aromatic heterocycles. The first-order valence-corrected chi connectivity index (χ1v) is 9.29. The van der Waals surface area contributed by atoms with Gasteiger partial charge in [-0.2, -0.15) is 0 Å². The van der Waals surface area contributed by atoms with E-state index in [0.29, 0.717) is 5.92 Å². The van der Waals surface area contributed by atoms with Crippen LogP contribution in [-0.4, -0.2) is 10.7 Å². The first kappa shape index (κ1) is 14.1. The highest BCUT2D eigenvalue weighted by Gasteiger charge is 2.62. The first-order chi connectivity index (χ1) is 10.1. The third kappa shape index (κ3) is 1.81. The second kappa shape index (κ2) is 4.76. The zero-order valence-corrected chi connectivity index (χ0v) is 13.5. The van der Waals surface area contributed by atoms with Gasteiger partial charge in [0.05, 0.1) is 0 Å². The van der Waals surface area contributed by atoms with Crippen LogP contribution in [0.3, 0.4) is 0 Å². The summed E-state index contributed by atoms with van der Waals surface area (Å²) < 4.78 is 0. The van der Waals surface area contributed by atoms with Crippen LogP contribution in [0.25, 0.3) is 0 Å². The van der Waals surface area contributed by atoms with Gasteiger partial charge in [0, 0.05) is 5.41 Å². The molecule has 4 aliphatic carbocycles. The van der Waals surface area contributed by atoms with Gasteiger partial charge in [-0.1, -0.05) is 32.1 Å². The molecular formula is C20H30O. The van der Waals surface area contributed by atoms with Crippen molar-refractivity contribution >= 4 is 0 Å². The summed E-state index contributed by atoms with van der Waals surface area (Å²) in [4.78, 5) is 0. The Morgan fingerprint density at radius 1 is 0.905 bits per heavy atom. The maximum atomic E-state index is 10.9. The minimum absolute atomic E-state index is 0.00950. The molecule has 4 saturated carbocycles. The van der Waals surface area contributed by atoms with Gasteiger partial charge in [0.25, 0.3) is 0 Å². The van der Waals surface area contributed by atoms with Crippen molar-refractivity contribution in [2.24, 2.45) is 35.0 Å². The lowest BCUT2D eigenvalue weighted by atomic mass is 9.49. The molecule has 0 saturated heterocycles. The van der Waals surface area contributed by atoms with Crippen LogP contribution in [0.1, 0.15) is 71.1 Å². The molecule has 7 atom stereocenters. The van der Waals surface area contributed by atoms with E-state index in [-0.39, 0.29) is 5.41 Å². The van der Waals surface area contributed by atoms with Gasteiger partial charge in [-0.25, -0.2) is 0 Å². The van der Waals surface area contributed by atoms with Gasteiger partial charge in [-0.05, 0) is 74.5 Å². The first-order valence-electron chi connectivity index (χ1n) is 9.29. The molecule has 1 nitrogen and oxygen atoms in total. The Bertz CT molecular complexity index is 463. The second-order valence-electron chi connectivity index (χ2n) is 8.72. The molecule has 0 aliphatic heterocycles. The van der Waals surface area contributed by atoms with Gasteiger partial charge in [-0.3, -0.25) is 0 Å². The van der Waals surface area contributed by atoms with E-state index in [1.807, 2.05) is 0 Å². The van der Waals surface area contributed by atoms with E-state index in [1.54, 1.807) is 0 Å². The highest BCUT2D eigenvalue weighted by atomic mass is 16.3. The molecule has 4 aliphatic rings.